The van der Waals surface area contributed by atoms with Gasteiger partial charge in [0.05, 0.1) is 6.04 Å². The minimum Gasteiger partial charge on any atom is -0.326 e. The topological polar surface area (TPSA) is 64.0 Å². The Balaban J connectivity index is 1.73. The molecule has 0 aliphatic carbocycles. The number of rotatable bonds is 3. The van der Waals surface area contributed by atoms with Crippen LogP contribution in [0, 0.1) is 18.6 Å². The highest BCUT2D eigenvalue weighted by Gasteiger charge is 2.27. The van der Waals surface area contributed by atoms with E-state index in [0.29, 0.717) is 16.6 Å². The van der Waals surface area contributed by atoms with Gasteiger partial charge in [-0.2, -0.15) is 0 Å². The molecular formula is C15H13F2N3O2S. The number of thioether (sulfide) groups is 1. The maximum Gasteiger partial charge on any atom is 0.254 e. The van der Waals surface area contributed by atoms with Crippen LogP contribution in [0.1, 0.15) is 18.2 Å². The fourth-order valence-electron chi connectivity index (χ4n) is 2.41. The van der Waals surface area contributed by atoms with Gasteiger partial charge in [0.15, 0.2) is 16.8 Å². The number of carbonyl (C=O) groups is 1. The molecule has 3 rings (SSSR count). The molecule has 0 unspecified atom stereocenters. The number of carbonyl (C=O) groups excluding carboxylic acids is 1. The number of nitrogens with zero attached hydrogens (tertiary/aromatic N) is 2. The molecule has 1 aromatic heterocycles. The molecule has 23 heavy (non-hydrogen) atoms. The zero-order valence-corrected chi connectivity index (χ0v) is 13.0. The zero-order valence-electron chi connectivity index (χ0n) is 12.2. The van der Waals surface area contributed by atoms with Crippen molar-refractivity contribution in [2.45, 2.75) is 24.5 Å². The number of aryl methyl sites for hydroxylation is 1. The average molecular weight is 337 g/mol. The fraction of sp³-hybridized carbons (Fsp3) is 0.267. The Morgan fingerprint density at radius 3 is 2.91 bits per heavy atom. The second-order valence-electron chi connectivity index (χ2n) is 5.23. The average Bonchev–Trinajstić information content (AvgIpc) is 2.85. The Labute approximate surface area is 134 Å². The molecule has 8 heteroatoms. The quantitative estimate of drug-likeness (QED) is 0.874. The van der Waals surface area contributed by atoms with Gasteiger partial charge in [0.2, 0.25) is 5.91 Å². The fourth-order valence-corrected chi connectivity index (χ4v) is 3.61. The van der Waals surface area contributed by atoms with E-state index in [2.05, 4.69) is 10.3 Å². The van der Waals surface area contributed by atoms with Gasteiger partial charge in [-0.3, -0.25) is 14.2 Å². The van der Waals surface area contributed by atoms with Crippen LogP contribution in [-0.4, -0.2) is 21.2 Å². The van der Waals surface area contributed by atoms with Gasteiger partial charge >= 0.3 is 0 Å². The molecule has 2 heterocycles. The molecule has 120 valence electrons. The van der Waals surface area contributed by atoms with Gasteiger partial charge in [-0.25, -0.2) is 13.8 Å². The molecular weight excluding hydrogens is 324 g/mol. The second kappa shape index (κ2) is 6.11. The zero-order chi connectivity index (χ0) is 16.6. The number of aromatic nitrogens is 2. The summed E-state index contributed by atoms with van der Waals surface area (Å²) >= 11 is 1.42. The number of anilines is 1. The van der Waals surface area contributed by atoms with Crippen molar-refractivity contribution < 1.29 is 13.6 Å². The van der Waals surface area contributed by atoms with Crippen LogP contribution in [0.4, 0.5) is 14.5 Å². The molecule has 0 spiro atoms. The minimum absolute atomic E-state index is 0.0592. The highest BCUT2D eigenvalue weighted by Crippen LogP contribution is 2.32. The van der Waals surface area contributed by atoms with Gasteiger partial charge in [0, 0.05) is 35.7 Å². The molecule has 1 aromatic carbocycles. The molecule has 0 saturated heterocycles. The molecule has 0 saturated carbocycles. The van der Waals surface area contributed by atoms with E-state index in [1.165, 1.54) is 28.5 Å². The lowest BCUT2D eigenvalue weighted by atomic mass is 10.2. The van der Waals surface area contributed by atoms with Gasteiger partial charge in [0.1, 0.15) is 0 Å². The van der Waals surface area contributed by atoms with Crippen molar-refractivity contribution in [1.29, 1.82) is 0 Å². The predicted molar refractivity (Wildman–Crippen MR) is 82.6 cm³/mol. The number of benzene rings is 1. The molecule has 1 N–H and O–H groups in total. The van der Waals surface area contributed by atoms with Crippen molar-refractivity contribution in [3.63, 3.8) is 0 Å². The smallest absolute Gasteiger partial charge is 0.254 e. The van der Waals surface area contributed by atoms with Crippen molar-refractivity contribution in [3.8, 4) is 0 Å². The molecule has 0 radical (unpaired) electrons. The van der Waals surface area contributed by atoms with Gasteiger partial charge in [-0.15, -0.1) is 0 Å². The third kappa shape index (κ3) is 3.26. The van der Waals surface area contributed by atoms with Crippen LogP contribution in [0.25, 0.3) is 0 Å². The maximum absolute atomic E-state index is 13.1. The summed E-state index contributed by atoms with van der Waals surface area (Å²) < 4.78 is 27.5. The molecule has 5 nitrogen and oxygen atoms in total. The van der Waals surface area contributed by atoms with Crippen LogP contribution >= 0.6 is 11.8 Å². The van der Waals surface area contributed by atoms with Crippen LogP contribution < -0.4 is 10.9 Å². The molecule has 0 bridgehead atoms. The lowest BCUT2D eigenvalue weighted by Crippen LogP contribution is -2.27. The van der Waals surface area contributed by atoms with Crippen LogP contribution in [0.2, 0.25) is 0 Å². The standard InChI is InChI=1S/C15H13F2N3O2S/c1-8-4-14(22)20-10(7-23-15(20)18-8)6-13(21)19-9-2-3-11(16)12(17)5-9/h2-5,10H,6-7H2,1H3,(H,19,21)/t10-/m1/s1. The summed E-state index contributed by atoms with van der Waals surface area (Å²) in [6.07, 6.45) is 0.0592. The van der Waals surface area contributed by atoms with E-state index in [1.54, 1.807) is 6.92 Å². The highest BCUT2D eigenvalue weighted by atomic mass is 32.2. The van der Waals surface area contributed by atoms with Crippen molar-refractivity contribution in [1.82, 2.24) is 9.55 Å². The first-order valence-corrected chi connectivity index (χ1v) is 7.90. The molecule has 1 aliphatic heterocycles. The first-order valence-electron chi connectivity index (χ1n) is 6.92. The number of hydrogen-bond acceptors (Lipinski definition) is 4. The monoisotopic (exact) mass is 337 g/mol. The molecule has 2 aromatic rings. The lowest BCUT2D eigenvalue weighted by molar-refractivity contribution is -0.116. The van der Waals surface area contributed by atoms with Gasteiger partial charge in [0.25, 0.3) is 5.56 Å². The van der Waals surface area contributed by atoms with E-state index in [4.69, 9.17) is 0 Å². The molecule has 1 amide bonds. The number of amides is 1. The largest absolute Gasteiger partial charge is 0.326 e. The van der Waals surface area contributed by atoms with Gasteiger partial charge < -0.3 is 5.32 Å². The first-order chi connectivity index (χ1) is 10.9. The summed E-state index contributed by atoms with van der Waals surface area (Å²) in [5, 5.41) is 3.11. The predicted octanol–water partition coefficient (Wildman–Crippen LogP) is 2.51. The Morgan fingerprint density at radius 2 is 2.17 bits per heavy atom. The Morgan fingerprint density at radius 1 is 1.39 bits per heavy atom. The van der Waals surface area contributed by atoms with Crippen LogP contribution in [-0.2, 0) is 4.79 Å². The third-order valence-corrected chi connectivity index (χ3v) is 4.54. The number of fused-ring (bicyclic) bond motifs is 1. The summed E-state index contributed by atoms with van der Waals surface area (Å²) in [4.78, 5) is 28.4. The van der Waals surface area contributed by atoms with Crippen LogP contribution in [0.15, 0.2) is 34.2 Å². The van der Waals surface area contributed by atoms with Crippen LogP contribution in [0.5, 0.6) is 0 Å². The summed E-state index contributed by atoms with van der Waals surface area (Å²) in [6, 6.07) is 4.27. The Kier molecular flexibility index (Phi) is 4.16. The van der Waals surface area contributed by atoms with E-state index in [0.717, 1.165) is 12.1 Å². The summed E-state index contributed by atoms with van der Waals surface area (Å²) in [6.45, 7) is 1.74. The summed E-state index contributed by atoms with van der Waals surface area (Å²) in [5.41, 5.74) is 0.623. The van der Waals surface area contributed by atoms with Gasteiger partial charge in [-0.1, -0.05) is 11.8 Å². The van der Waals surface area contributed by atoms with Gasteiger partial charge in [-0.05, 0) is 19.1 Å². The van der Waals surface area contributed by atoms with E-state index >= 15 is 0 Å². The second-order valence-corrected chi connectivity index (χ2v) is 6.22. The van der Waals surface area contributed by atoms with Crippen molar-refractivity contribution >= 4 is 23.4 Å². The third-order valence-electron chi connectivity index (χ3n) is 3.44. The van der Waals surface area contributed by atoms with E-state index < -0.39 is 11.6 Å². The number of nitrogens with one attached hydrogen (secondary N) is 1. The summed E-state index contributed by atoms with van der Waals surface area (Å²) in [5.74, 6) is -1.81. The van der Waals surface area contributed by atoms with Crippen molar-refractivity contribution in [2.24, 2.45) is 0 Å². The molecule has 1 aliphatic rings. The van der Waals surface area contributed by atoms with E-state index in [-0.39, 0.29) is 29.6 Å². The molecule has 0 fully saturated rings. The van der Waals surface area contributed by atoms with E-state index in [9.17, 15) is 18.4 Å². The number of hydrogen-bond donors (Lipinski definition) is 1. The normalized spacial score (nSPS) is 16.2. The maximum atomic E-state index is 13.1. The SMILES string of the molecule is Cc1cc(=O)n2c(n1)SC[C@H]2CC(=O)Nc1ccc(F)c(F)c1. The minimum atomic E-state index is -1.03. The van der Waals surface area contributed by atoms with E-state index in [1.807, 2.05) is 0 Å². The van der Waals surface area contributed by atoms with Crippen molar-refractivity contribution in [2.75, 3.05) is 11.1 Å². The van der Waals surface area contributed by atoms with Crippen molar-refractivity contribution in [3.05, 3.63) is 51.9 Å². The summed E-state index contributed by atoms with van der Waals surface area (Å²) in [7, 11) is 0. The first kappa shape index (κ1) is 15.7. The lowest BCUT2D eigenvalue weighted by Gasteiger charge is -2.13. The number of halogens is 2. The molecule has 1 atom stereocenters. The van der Waals surface area contributed by atoms with Crippen LogP contribution in [0.3, 0.4) is 0 Å². The Bertz CT molecular complexity index is 838. The highest BCUT2D eigenvalue weighted by molar-refractivity contribution is 7.99. The Hall–Kier alpha value is -2.22.